The third kappa shape index (κ3) is 5.31. The zero-order valence-corrected chi connectivity index (χ0v) is 19.9. The molecule has 7 heteroatoms. The van der Waals surface area contributed by atoms with E-state index in [1.54, 1.807) is 48.5 Å². The van der Waals surface area contributed by atoms with Gasteiger partial charge in [-0.25, -0.2) is 10.2 Å². The average molecular weight is 489 g/mol. The van der Waals surface area contributed by atoms with Gasteiger partial charge in [-0.15, -0.1) is 0 Å². The van der Waals surface area contributed by atoms with Crippen molar-refractivity contribution < 1.29 is 14.3 Å². The van der Waals surface area contributed by atoms with E-state index in [4.69, 9.17) is 4.74 Å². The molecule has 0 saturated carbocycles. The number of esters is 1. The Morgan fingerprint density at radius 1 is 0.811 bits per heavy atom. The van der Waals surface area contributed by atoms with Crippen LogP contribution in [-0.2, 0) is 10.3 Å². The van der Waals surface area contributed by atoms with Crippen molar-refractivity contribution in [3.8, 4) is 5.75 Å². The van der Waals surface area contributed by atoms with Gasteiger partial charge in [0.2, 0.25) is 0 Å². The third-order valence-corrected chi connectivity index (χ3v) is 6.09. The predicted octanol–water partition coefficient (Wildman–Crippen LogP) is 4.65. The molecule has 5 rings (SSSR count). The zero-order valence-electron chi connectivity index (χ0n) is 19.9. The minimum Gasteiger partial charge on any atom is -0.423 e. The molecule has 1 aliphatic heterocycles. The maximum absolute atomic E-state index is 12.8. The number of ether oxygens (including phenoxy) is 1. The SMILES string of the molecule is O=C(N/N=C/c1ccc(OC(=O)c2ccccc2)cc1)C1=NNC(c2ccccc2)(c2ccccc2)C1. The molecular weight excluding hydrogens is 464 g/mol. The van der Waals surface area contributed by atoms with Crippen LogP contribution in [0.4, 0.5) is 0 Å². The summed E-state index contributed by atoms with van der Waals surface area (Å²) in [6, 6.07) is 35.5. The summed E-state index contributed by atoms with van der Waals surface area (Å²) < 4.78 is 5.38. The summed E-state index contributed by atoms with van der Waals surface area (Å²) in [5.41, 5.74) is 8.73. The lowest BCUT2D eigenvalue weighted by Crippen LogP contribution is -2.38. The number of rotatable bonds is 7. The molecule has 0 saturated heterocycles. The summed E-state index contributed by atoms with van der Waals surface area (Å²) in [6.07, 6.45) is 1.90. The van der Waals surface area contributed by atoms with Crippen LogP contribution in [0, 0.1) is 0 Å². The number of hydrazone groups is 2. The van der Waals surface area contributed by atoms with Crippen LogP contribution in [0.25, 0.3) is 0 Å². The Labute approximate surface area is 214 Å². The molecule has 0 bridgehead atoms. The molecule has 0 spiro atoms. The first kappa shape index (κ1) is 23.7. The second-order valence-electron chi connectivity index (χ2n) is 8.51. The topological polar surface area (TPSA) is 92.1 Å². The Hall–Kier alpha value is -5.04. The molecule has 37 heavy (non-hydrogen) atoms. The van der Waals surface area contributed by atoms with Gasteiger partial charge < -0.3 is 4.74 Å². The van der Waals surface area contributed by atoms with Gasteiger partial charge in [-0.1, -0.05) is 78.9 Å². The smallest absolute Gasteiger partial charge is 0.343 e. The highest BCUT2D eigenvalue weighted by Crippen LogP contribution is 2.36. The number of nitrogens with zero attached hydrogens (tertiary/aromatic N) is 2. The fraction of sp³-hybridized carbons (Fsp3) is 0.0667. The first-order chi connectivity index (χ1) is 18.1. The van der Waals surface area contributed by atoms with Crippen LogP contribution in [0.3, 0.4) is 0 Å². The lowest BCUT2D eigenvalue weighted by atomic mass is 9.80. The van der Waals surface area contributed by atoms with Crippen LogP contribution < -0.4 is 15.6 Å². The van der Waals surface area contributed by atoms with Crippen LogP contribution in [0.5, 0.6) is 5.75 Å². The predicted molar refractivity (Wildman–Crippen MR) is 142 cm³/mol. The highest BCUT2D eigenvalue weighted by molar-refractivity contribution is 6.39. The number of carbonyl (C=O) groups is 2. The summed E-state index contributed by atoms with van der Waals surface area (Å²) in [6.45, 7) is 0. The number of nitrogens with one attached hydrogen (secondary N) is 2. The summed E-state index contributed by atoms with van der Waals surface area (Å²) >= 11 is 0. The normalized spacial score (nSPS) is 14.0. The van der Waals surface area contributed by atoms with Gasteiger partial charge in [0.1, 0.15) is 17.0 Å². The maximum Gasteiger partial charge on any atom is 0.343 e. The van der Waals surface area contributed by atoms with E-state index in [1.807, 2.05) is 66.7 Å². The number of carbonyl (C=O) groups excluding carboxylic acids is 2. The molecule has 182 valence electrons. The fourth-order valence-electron chi connectivity index (χ4n) is 4.16. The summed E-state index contributed by atoms with van der Waals surface area (Å²) in [7, 11) is 0. The lowest BCUT2D eigenvalue weighted by molar-refractivity contribution is -0.114. The molecule has 0 aliphatic carbocycles. The second kappa shape index (κ2) is 10.7. The first-order valence-corrected chi connectivity index (χ1v) is 11.8. The van der Waals surface area contributed by atoms with Crippen LogP contribution in [0.15, 0.2) is 125 Å². The molecule has 0 fully saturated rings. The van der Waals surface area contributed by atoms with Gasteiger partial charge in [-0.05, 0) is 53.1 Å². The van der Waals surface area contributed by atoms with Crippen molar-refractivity contribution in [3.05, 3.63) is 138 Å². The molecule has 4 aromatic carbocycles. The summed E-state index contributed by atoms with van der Waals surface area (Å²) in [4.78, 5) is 25.0. The summed E-state index contributed by atoms with van der Waals surface area (Å²) in [5.74, 6) is -0.396. The minimum absolute atomic E-state index is 0.355. The summed E-state index contributed by atoms with van der Waals surface area (Å²) in [5, 5.41) is 8.44. The molecule has 1 aliphatic rings. The van der Waals surface area contributed by atoms with Crippen LogP contribution in [0.2, 0.25) is 0 Å². The van der Waals surface area contributed by atoms with Crippen molar-refractivity contribution in [2.75, 3.05) is 0 Å². The van der Waals surface area contributed by atoms with Gasteiger partial charge in [0.25, 0.3) is 5.91 Å². The Morgan fingerprint density at radius 2 is 1.38 bits per heavy atom. The van der Waals surface area contributed by atoms with Crippen LogP contribution >= 0.6 is 0 Å². The Morgan fingerprint density at radius 3 is 1.97 bits per heavy atom. The van der Waals surface area contributed by atoms with Crippen molar-refractivity contribution in [3.63, 3.8) is 0 Å². The molecule has 2 N–H and O–H groups in total. The van der Waals surface area contributed by atoms with Gasteiger partial charge in [-0.3, -0.25) is 10.2 Å². The molecule has 0 unspecified atom stereocenters. The molecule has 1 amide bonds. The number of amides is 1. The first-order valence-electron chi connectivity index (χ1n) is 11.8. The Kier molecular flexibility index (Phi) is 6.85. The van der Waals surface area contributed by atoms with Gasteiger partial charge in [0, 0.05) is 6.42 Å². The van der Waals surface area contributed by atoms with Crippen molar-refractivity contribution in [2.24, 2.45) is 10.2 Å². The fourth-order valence-corrected chi connectivity index (χ4v) is 4.16. The average Bonchev–Trinajstić information content (AvgIpc) is 3.42. The van der Waals surface area contributed by atoms with E-state index in [2.05, 4.69) is 21.1 Å². The second-order valence-corrected chi connectivity index (χ2v) is 8.51. The van der Waals surface area contributed by atoms with Crippen LogP contribution in [0.1, 0.15) is 33.5 Å². The van der Waals surface area contributed by atoms with Gasteiger partial charge in [-0.2, -0.15) is 10.2 Å². The molecule has 7 nitrogen and oxygen atoms in total. The molecule has 4 aromatic rings. The van der Waals surface area contributed by atoms with Crippen molar-refractivity contribution in [2.45, 2.75) is 12.0 Å². The van der Waals surface area contributed by atoms with Gasteiger partial charge in [0.15, 0.2) is 0 Å². The molecule has 0 radical (unpaired) electrons. The minimum atomic E-state index is -0.633. The number of hydrogen-bond donors (Lipinski definition) is 2. The number of hydrogen-bond acceptors (Lipinski definition) is 6. The maximum atomic E-state index is 12.8. The highest BCUT2D eigenvalue weighted by atomic mass is 16.5. The zero-order chi connectivity index (χ0) is 25.5. The van der Waals surface area contributed by atoms with E-state index in [9.17, 15) is 9.59 Å². The number of benzene rings is 4. The van der Waals surface area contributed by atoms with E-state index >= 15 is 0 Å². The van der Waals surface area contributed by atoms with Crippen molar-refractivity contribution >= 4 is 23.8 Å². The van der Waals surface area contributed by atoms with E-state index in [-0.39, 0.29) is 5.91 Å². The molecule has 0 aromatic heterocycles. The van der Waals surface area contributed by atoms with E-state index in [1.165, 1.54) is 6.21 Å². The molecular formula is C30H24N4O3. The lowest BCUT2D eigenvalue weighted by Gasteiger charge is -2.30. The van der Waals surface area contributed by atoms with Crippen molar-refractivity contribution in [1.29, 1.82) is 0 Å². The molecule has 1 heterocycles. The monoisotopic (exact) mass is 488 g/mol. The largest absolute Gasteiger partial charge is 0.423 e. The van der Waals surface area contributed by atoms with E-state index in [0.717, 1.165) is 16.7 Å². The van der Waals surface area contributed by atoms with Crippen LogP contribution in [-0.4, -0.2) is 23.8 Å². The van der Waals surface area contributed by atoms with Gasteiger partial charge >= 0.3 is 5.97 Å². The third-order valence-electron chi connectivity index (χ3n) is 6.09. The Bertz CT molecular complexity index is 1400. The Balaban J connectivity index is 1.21. The highest BCUT2D eigenvalue weighted by Gasteiger charge is 2.41. The van der Waals surface area contributed by atoms with E-state index < -0.39 is 11.5 Å². The quantitative estimate of drug-likeness (QED) is 0.171. The van der Waals surface area contributed by atoms with Crippen molar-refractivity contribution in [1.82, 2.24) is 10.9 Å². The standard InChI is InChI=1S/C30H24N4O3/c35-28(27-20-30(34-32-27,24-12-6-2-7-13-24)25-14-8-3-9-15-25)33-31-21-22-16-18-26(19-17-22)37-29(36)23-10-4-1-5-11-23/h1-19,21,34H,20H2,(H,33,35)/b31-21+. The molecule has 0 atom stereocenters. The van der Waals surface area contributed by atoms with E-state index in [0.29, 0.717) is 23.4 Å². The van der Waals surface area contributed by atoms with Gasteiger partial charge in [0.05, 0.1) is 11.8 Å².